The first kappa shape index (κ1) is 14.5. The van der Waals surface area contributed by atoms with Gasteiger partial charge in [0, 0.05) is 0 Å². The molecule has 2 aromatic rings. The van der Waals surface area contributed by atoms with Crippen molar-refractivity contribution in [1.82, 2.24) is 25.5 Å². The van der Waals surface area contributed by atoms with Crippen molar-refractivity contribution in [3.8, 4) is 0 Å². The molecular weight excluding hydrogens is 280 g/mol. The summed E-state index contributed by atoms with van der Waals surface area (Å²) in [5.41, 5.74) is 9.53. The zero-order valence-corrected chi connectivity index (χ0v) is 12.6. The van der Waals surface area contributed by atoms with Gasteiger partial charge in [0.25, 0.3) is 0 Å². The second-order valence-electron chi connectivity index (χ2n) is 5.72. The van der Waals surface area contributed by atoms with E-state index in [2.05, 4.69) is 39.0 Å². The van der Waals surface area contributed by atoms with Crippen LogP contribution in [0.4, 0.5) is 5.95 Å². The Morgan fingerprint density at radius 2 is 2.14 bits per heavy atom. The topological polar surface area (TPSA) is 98.7 Å². The van der Waals surface area contributed by atoms with Gasteiger partial charge in [-0.25, -0.2) is 4.68 Å². The highest BCUT2D eigenvalue weighted by Crippen LogP contribution is 2.24. The highest BCUT2D eigenvalue weighted by molar-refractivity contribution is 5.76. The number of rotatable bonds is 4. The van der Waals surface area contributed by atoms with Crippen molar-refractivity contribution < 1.29 is 4.79 Å². The molecule has 0 bridgehead atoms. The van der Waals surface area contributed by atoms with Crippen LogP contribution in [0.2, 0.25) is 0 Å². The Kier molecular flexibility index (Phi) is 4.04. The largest absolute Gasteiger partial charge is 0.367 e. The fraction of sp³-hybridized carbons (Fsp3) is 0.467. The van der Waals surface area contributed by atoms with Gasteiger partial charge in [0.2, 0.25) is 11.9 Å². The van der Waals surface area contributed by atoms with Gasteiger partial charge in [0.05, 0.1) is 6.04 Å². The fourth-order valence-corrected chi connectivity index (χ4v) is 2.85. The summed E-state index contributed by atoms with van der Waals surface area (Å²) in [4.78, 5) is 12.1. The highest BCUT2D eigenvalue weighted by atomic mass is 16.2. The third-order valence-electron chi connectivity index (χ3n) is 4.10. The molecule has 1 heterocycles. The molecule has 1 aliphatic carbocycles. The van der Waals surface area contributed by atoms with Gasteiger partial charge in [0.1, 0.15) is 6.54 Å². The molecule has 1 aromatic carbocycles. The van der Waals surface area contributed by atoms with Crippen LogP contribution in [0.25, 0.3) is 0 Å². The standard InChI is InChI=1S/C15H20N6O/c1-10(17-14(22)9-21-15(16)18-19-20-21)12-7-6-11-4-2-3-5-13(11)8-12/h6-8,10H,2-5,9H2,1H3,(H,17,22)(H2,16,18,20). The van der Waals surface area contributed by atoms with E-state index in [0.717, 1.165) is 18.4 Å². The molecule has 1 unspecified atom stereocenters. The van der Waals surface area contributed by atoms with Crippen LogP contribution in [-0.4, -0.2) is 26.1 Å². The van der Waals surface area contributed by atoms with Gasteiger partial charge in [-0.2, -0.15) is 0 Å². The molecular formula is C15H20N6O. The molecule has 0 aliphatic heterocycles. The average Bonchev–Trinajstić information content (AvgIpc) is 2.91. The van der Waals surface area contributed by atoms with Crippen molar-refractivity contribution in [3.05, 3.63) is 34.9 Å². The maximum Gasteiger partial charge on any atom is 0.242 e. The van der Waals surface area contributed by atoms with Gasteiger partial charge in [-0.05, 0) is 59.7 Å². The first-order valence-electron chi connectivity index (χ1n) is 7.56. The van der Waals surface area contributed by atoms with Gasteiger partial charge in [-0.1, -0.05) is 23.3 Å². The normalized spacial score (nSPS) is 15.1. The van der Waals surface area contributed by atoms with E-state index >= 15 is 0 Å². The number of fused-ring (bicyclic) bond motifs is 1. The molecule has 7 heteroatoms. The molecule has 0 radical (unpaired) electrons. The molecule has 0 saturated heterocycles. The molecule has 0 saturated carbocycles. The van der Waals surface area contributed by atoms with Crippen LogP contribution >= 0.6 is 0 Å². The number of tetrazole rings is 1. The van der Waals surface area contributed by atoms with Crippen molar-refractivity contribution in [3.63, 3.8) is 0 Å². The zero-order chi connectivity index (χ0) is 15.5. The van der Waals surface area contributed by atoms with Crippen LogP contribution in [0.15, 0.2) is 18.2 Å². The Morgan fingerprint density at radius 3 is 2.86 bits per heavy atom. The average molecular weight is 300 g/mol. The van der Waals surface area contributed by atoms with E-state index in [9.17, 15) is 4.79 Å². The molecule has 1 aliphatic rings. The van der Waals surface area contributed by atoms with Crippen molar-refractivity contribution >= 4 is 11.9 Å². The second kappa shape index (κ2) is 6.13. The Bertz CT molecular complexity index is 680. The lowest BCUT2D eigenvalue weighted by atomic mass is 9.89. The molecule has 3 N–H and O–H groups in total. The zero-order valence-electron chi connectivity index (χ0n) is 12.6. The number of benzene rings is 1. The molecule has 1 aromatic heterocycles. The number of aryl methyl sites for hydroxylation is 2. The minimum absolute atomic E-state index is 0.0219. The van der Waals surface area contributed by atoms with Gasteiger partial charge >= 0.3 is 0 Å². The van der Waals surface area contributed by atoms with Crippen molar-refractivity contribution in [2.24, 2.45) is 0 Å². The number of hydrogen-bond acceptors (Lipinski definition) is 5. The summed E-state index contributed by atoms with van der Waals surface area (Å²) >= 11 is 0. The van der Waals surface area contributed by atoms with Gasteiger partial charge in [-0.3, -0.25) is 4.79 Å². The molecule has 22 heavy (non-hydrogen) atoms. The number of amides is 1. The number of nitrogens with two attached hydrogens (primary N) is 1. The van der Waals surface area contributed by atoms with Gasteiger partial charge in [0.15, 0.2) is 0 Å². The van der Waals surface area contributed by atoms with Crippen LogP contribution in [0, 0.1) is 0 Å². The van der Waals surface area contributed by atoms with E-state index in [0.29, 0.717) is 0 Å². The Labute approximate surface area is 128 Å². The van der Waals surface area contributed by atoms with E-state index in [4.69, 9.17) is 5.73 Å². The molecule has 0 fully saturated rings. The van der Waals surface area contributed by atoms with Crippen LogP contribution in [0.5, 0.6) is 0 Å². The monoisotopic (exact) mass is 300 g/mol. The summed E-state index contributed by atoms with van der Waals surface area (Å²) in [5.74, 6) is -0.0270. The van der Waals surface area contributed by atoms with Gasteiger partial charge in [-0.15, -0.1) is 0 Å². The van der Waals surface area contributed by atoms with Crippen LogP contribution in [-0.2, 0) is 24.2 Å². The minimum Gasteiger partial charge on any atom is -0.367 e. The van der Waals surface area contributed by atoms with Crippen molar-refractivity contribution in [2.45, 2.75) is 45.2 Å². The minimum atomic E-state index is -0.163. The number of nitrogens with one attached hydrogen (secondary N) is 1. The van der Waals surface area contributed by atoms with E-state index in [1.807, 2.05) is 6.92 Å². The van der Waals surface area contributed by atoms with E-state index < -0.39 is 0 Å². The predicted molar refractivity (Wildman–Crippen MR) is 81.9 cm³/mol. The number of carbonyl (C=O) groups is 1. The maximum absolute atomic E-state index is 12.1. The molecule has 1 amide bonds. The number of nitrogen functional groups attached to an aromatic ring is 1. The summed E-state index contributed by atoms with van der Waals surface area (Å²) < 4.78 is 1.27. The summed E-state index contributed by atoms with van der Waals surface area (Å²) in [6.07, 6.45) is 4.81. The van der Waals surface area contributed by atoms with Crippen LogP contribution in [0.3, 0.4) is 0 Å². The Balaban J connectivity index is 1.65. The maximum atomic E-state index is 12.1. The van der Waals surface area contributed by atoms with Crippen molar-refractivity contribution in [2.75, 3.05) is 5.73 Å². The molecule has 1 atom stereocenters. The van der Waals surface area contributed by atoms with Crippen LogP contribution in [0.1, 0.15) is 42.5 Å². The lowest BCUT2D eigenvalue weighted by Gasteiger charge is -2.20. The third-order valence-corrected chi connectivity index (χ3v) is 4.10. The third kappa shape index (κ3) is 3.08. The summed E-state index contributed by atoms with van der Waals surface area (Å²) in [7, 11) is 0. The lowest BCUT2D eigenvalue weighted by Crippen LogP contribution is -2.31. The summed E-state index contributed by atoms with van der Waals surface area (Å²) in [5, 5.41) is 13.6. The molecule has 3 rings (SSSR count). The number of carbonyl (C=O) groups excluding carboxylic acids is 1. The SMILES string of the molecule is CC(NC(=O)Cn1nnnc1N)c1ccc2c(c1)CCCC2. The van der Waals surface area contributed by atoms with E-state index in [-0.39, 0.29) is 24.4 Å². The van der Waals surface area contributed by atoms with E-state index in [1.165, 1.54) is 28.7 Å². The van der Waals surface area contributed by atoms with E-state index in [1.54, 1.807) is 0 Å². The fourth-order valence-electron chi connectivity index (χ4n) is 2.85. The first-order chi connectivity index (χ1) is 10.6. The number of hydrogen-bond donors (Lipinski definition) is 2. The summed E-state index contributed by atoms with van der Waals surface area (Å²) in [6, 6.07) is 6.44. The number of nitrogens with zero attached hydrogens (tertiary/aromatic N) is 4. The quantitative estimate of drug-likeness (QED) is 0.878. The second-order valence-corrected chi connectivity index (χ2v) is 5.72. The highest BCUT2D eigenvalue weighted by Gasteiger charge is 2.15. The lowest BCUT2D eigenvalue weighted by molar-refractivity contribution is -0.122. The predicted octanol–water partition coefficient (Wildman–Crippen LogP) is 1.01. The Morgan fingerprint density at radius 1 is 1.36 bits per heavy atom. The molecule has 7 nitrogen and oxygen atoms in total. The summed E-state index contributed by atoms with van der Waals surface area (Å²) in [6.45, 7) is 2.00. The molecule has 0 spiro atoms. The smallest absolute Gasteiger partial charge is 0.242 e. The first-order valence-corrected chi connectivity index (χ1v) is 7.56. The molecule has 116 valence electrons. The number of aromatic nitrogens is 4. The van der Waals surface area contributed by atoms with Crippen molar-refractivity contribution in [1.29, 1.82) is 0 Å². The van der Waals surface area contributed by atoms with Crippen LogP contribution < -0.4 is 11.1 Å². The Hall–Kier alpha value is -2.44. The van der Waals surface area contributed by atoms with Gasteiger partial charge < -0.3 is 11.1 Å². The number of anilines is 1.